The smallest absolute Gasteiger partial charge is 0.251 e. The number of carbonyl (C=O) groups is 2. The van der Waals surface area contributed by atoms with Gasteiger partial charge >= 0.3 is 0 Å². The number of amides is 2. The molecule has 8 heteroatoms. The van der Waals surface area contributed by atoms with Crippen molar-refractivity contribution in [3.05, 3.63) is 83.7 Å². The first kappa shape index (κ1) is 24.0. The van der Waals surface area contributed by atoms with Crippen molar-refractivity contribution in [1.29, 1.82) is 0 Å². The molecular weight excluding hydrogens is 423 g/mol. The van der Waals surface area contributed by atoms with Gasteiger partial charge in [0.05, 0.1) is 6.61 Å². The molecular formula is C25H29FN4O3. The van der Waals surface area contributed by atoms with E-state index in [2.05, 4.69) is 15.6 Å². The topological polar surface area (TPSA) is 85.2 Å². The van der Waals surface area contributed by atoms with E-state index in [1.54, 1.807) is 53.4 Å². The van der Waals surface area contributed by atoms with Crippen LogP contribution in [0.2, 0.25) is 0 Å². The first-order chi connectivity index (χ1) is 15.8. The van der Waals surface area contributed by atoms with E-state index in [-0.39, 0.29) is 23.5 Å². The van der Waals surface area contributed by atoms with Gasteiger partial charge in [-0.15, -0.1) is 0 Å². The Hall–Kier alpha value is -3.68. The summed E-state index contributed by atoms with van der Waals surface area (Å²) < 4.78 is 20.7. The molecule has 0 aliphatic carbocycles. The second kappa shape index (κ2) is 10.8. The third-order valence-electron chi connectivity index (χ3n) is 5.27. The Kier molecular flexibility index (Phi) is 7.82. The van der Waals surface area contributed by atoms with E-state index in [0.29, 0.717) is 29.3 Å². The van der Waals surface area contributed by atoms with Gasteiger partial charge in [-0.05, 0) is 54.8 Å². The summed E-state index contributed by atoms with van der Waals surface area (Å²) in [5, 5.41) is 5.81. The van der Waals surface area contributed by atoms with Gasteiger partial charge < -0.3 is 19.9 Å². The maximum atomic E-state index is 13.5. The number of aromatic nitrogens is 2. The van der Waals surface area contributed by atoms with Gasteiger partial charge in [0.2, 0.25) is 5.91 Å². The van der Waals surface area contributed by atoms with E-state index in [1.165, 1.54) is 12.1 Å². The Morgan fingerprint density at radius 3 is 2.27 bits per heavy atom. The molecule has 2 amide bonds. The zero-order valence-corrected chi connectivity index (χ0v) is 19.2. The monoisotopic (exact) mass is 452 g/mol. The van der Waals surface area contributed by atoms with Crippen molar-refractivity contribution in [3.8, 4) is 5.75 Å². The number of ether oxygens (including phenoxy) is 1. The van der Waals surface area contributed by atoms with Crippen LogP contribution in [0.15, 0.2) is 60.9 Å². The molecule has 3 rings (SSSR count). The van der Waals surface area contributed by atoms with E-state index in [9.17, 15) is 14.0 Å². The Labute approximate surface area is 193 Å². The lowest BCUT2D eigenvalue weighted by Gasteiger charge is -2.26. The molecule has 0 fully saturated rings. The van der Waals surface area contributed by atoms with E-state index >= 15 is 0 Å². The van der Waals surface area contributed by atoms with Crippen LogP contribution in [0.25, 0.3) is 0 Å². The number of nitrogens with one attached hydrogen (secondary N) is 2. The molecule has 0 saturated heterocycles. The minimum atomic E-state index is -0.785. The second-order valence-corrected chi connectivity index (χ2v) is 8.04. The summed E-state index contributed by atoms with van der Waals surface area (Å²) in [5.74, 6) is 0.00165. The summed E-state index contributed by atoms with van der Waals surface area (Å²) in [6, 6.07) is 11.2. The minimum Gasteiger partial charge on any atom is -0.494 e. The number of rotatable bonds is 9. The number of halogens is 1. The van der Waals surface area contributed by atoms with E-state index in [0.717, 1.165) is 0 Å². The summed E-state index contributed by atoms with van der Waals surface area (Å²) in [4.78, 5) is 30.5. The van der Waals surface area contributed by atoms with E-state index in [1.807, 2.05) is 27.8 Å². The van der Waals surface area contributed by atoms with Gasteiger partial charge in [0.25, 0.3) is 5.91 Å². The Morgan fingerprint density at radius 2 is 1.73 bits per heavy atom. The molecule has 0 unspecified atom stereocenters. The van der Waals surface area contributed by atoms with Crippen LogP contribution in [0.1, 0.15) is 48.6 Å². The highest BCUT2D eigenvalue weighted by Gasteiger charge is 2.29. The Morgan fingerprint density at radius 1 is 1.06 bits per heavy atom. The lowest BCUT2D eigenvalue weighted by Crippen LogP contribution is -2.50. The van der Waals surface area contributed by atoms with E-state index in [4.69, 9.17) is 4.74 Å². The van der Waals surface area contributed by atoms with Gasteiger partial charge in [-0.3, -0.25) is 9.59 Å². The summed E-state index contributed by atoms with van der Waals surface area (Å²) in [6.45, 7) is 6.13. The van der Waals surface area contributed by atoms with Gasteiger partial charge in [0.1, 0.15) is 29.5 Å². The summed E-state index contributed by atoms with van der Waals surface area (Å²) in [7, 11) is 1.82. The van der Waals surface area contributed by atoms with Crippen LogP contribution in [0.3, 0.4) is 0 Å². The first-order valence-electron chi connectivity index (χ1n) is 10.9. The predicted molar refractivity (Wildman–Crippen MR) is 123 cm³/mol. The number of nitrogens with zero attached hydrogens (tertiary/aromatic N) is 2. The molecule has 2 N–H and O–H groups in total. The van der Waals surface area contributed by atoms with Gasteiger partial charge in [-0.25, -0.2) is 9.37 Å². The molecule has 0 aliphatic rings. The van der Waals surface area contributed by atoms with Crippen molar-refractivity contribution < 1.29 is 18.7 Å². The summed E-state index contributed by atoms with van der Waals surface area (Å²) >= 11 is 0. The number of carbonyl (C=O) groups excluding carboxylic acids is 2. The van der Waals surface area contributed by atoms with Crippen LogP contribution in [0.5, 0.6) is 5.75 Å². The van der Waals surface area contributed by atoms with Crippen LogP contribution in [-0.2, 0) is 11.8 Å². The van der Waals surface area contributed by atoms with Gasteiger partial charge in [0, 0.05) is 25.0 Å². The average Bonchev–Trinajstić information content (AvgIpc) is 3.22. The van der Waals surface area contributed by atoms with Crippen molar-refractivity contribution >= 4 is 11.8 Å². The predicted octanol–water partition coefficient (Wildman–Crippen LogP) is 3.62. The quantitative estimate of drug-likeness (QED) is 0.519. The Bertz CT molecular complexity index is 1080. The minimum absolute atomic E-state index is 0.174. The molecule has 174 valence electrons. The first-order valence-corrected chi connectivity index (χ1v) is 10.9. The molecule has 1 aromatic heterocycles. The lowest BCUT2D eigenvalue weighted by atomic mass is 10.0. The van der Waals surface area contributed by atoms with Crippen LogP contribution in [0, 0.1) is 11.7 Å². The third kappa shape index (κ3) is 5.97. The lowest BCUT2D eigenvalue weighted by molar-refractivity contribution is -0.124. The molecule has 2 atom stereocenters. The fraction of sp³-hybridized carbons (Fsp3) is 0.320. The van der Waals surface area contributed by atoms with Crippen LogP contribution < -0.4 is 15.4 Å². The molecule has 3 aromatic rings. The van der Waals surface area contributed by atoms with Crippen molar-refractivity contribution in [2.75, 3.05) is 6.61 Å². The van der Waals surface area contributed by atoms with Crippen molar-refractivity contribution in [3.63, 3.8) is 0 Å². The molecule has 0 spiro atoms. The van der Waals surface area contributed by atoms with Crippen molar-refractivity contribution in [2.24, 2.45) is 13.0 Å². The van der Waals surface area contributed by atoms with Crippen LogP contribution >= 0.6 is 0 Å². The second-order valence-electron chi connectivity index (χ2n) is 8.04. The molecule has 1 heterocycles. The molecule has 0 radical (unpaired) electrons. The molecule has 0 bridgehead atoms. The zero-order valence-electron chi connectivity index (χ0n) is 19.2. The fourth-order valence-electron chi connectivity index (χ4n) is 3.47. The number of hydrogen-bond acceptors (Lipinski definition) is 4. The molecule has 0 aliphatic heterocycles. The largest absolute Gasteiger partial charge is 0.494 e. The summed E-state index contributed by atoms with van der Waals surface area (Å²) in [6.07, 6.45) is 3.40. The average molecular weight is 453 g/mol. The van der Waals surface area contributed by atoms with Gasteiger partial charge in [0.15, 0.2) is 0 Å². The third-order valence-corrected chi connectivity index (χ3v) is 5.27. The van der Waals surface area contributed by atoms with Gasteiger partial charge in [-0.2, -0.15) is 0 Å². The maximum absolute atomic E-state index is 13.5. The van der Waals surface area contributed by atoms with Gasteiger partial charge in [-0.1, -0.05) is 26.0 Å². The maximum Gasteiger partial charge on any atom is 0.251 e. The standard InChI is InChI=1S/C25H29FN4O3/c1-5-33-20-12-8-18(9-13-20)24(31)28-21(16(2)3)25(32)29-22(23-27-14-15-30(23)4)17-6-10-19(26)11-7-17/h6-16,21-22H,5H2,1-4H3,(H,28,31)(H,29,32)/t21-,22-/m0/s1. The van der Waals surface area contributed by atoms with Crippen LogP contribution in [-0.4, -0.2) is 34.0 Å². The van der Waals surface area contributed by atoms with Crippen molar-refractivity contribution in [1.82, 2.24) is 20.2 Å². The highest BCUT2D eigenvalue weighted by Crippen LogP contribution is 2.22. The SMILES string of the molecule is CCOc1ccc(C(=O)N[C@H](C(=O)N[C@@H](c2ccc(F)cc2)c2nccn2C)C(C)C)cc1. The molecule has 33 heavy (non-hydrogen) atoms. The highest BCUT2D eigenvalue weighted by atomic mass is 19.1. The normalized spacial score (nSPS) is 12.8. The van der Waals surface area contributed by atoms with E-state index < -0.39 is 12.1 Å². The highest BCUT2D eigenvalue weighted by molar-refractivity contribution is 5.97. The number of hydrogen-bond donors (Lipinski definition) is 2. The number of imidazole rings is 1. The number of aryl methyl sites for hydroxylation is 1. The van der Waals surface area contributed by atoms with Crippen LogP contribution in [0.4, 0.5) is 4.39 Å². The Balaban J connectivity index is 1.80. The van der Waals surface area contributed by atoms with Crippen molar-refractivity contribution in [2.45, 2.75) is 32.9 Å². The zero-order chi connectivity index (χ0) is 24.0. The molecule has 7 nitrogen and oxygen atoms in total. The number of benzene rings is 2. The summed E-state index contributed by atoms with van der Waals surface area (Å²) in [5.41, 5.74) is 1.11. The fourth-order valence-corrected chi connectivity index (χ4v) is 3.47. The molecule has 2 aromatic carbocycles. The molecule has 0 saturated carbocycles.